The van der Waals surface area contributed by atoms with Gasteiger partial charge in [0.1, 0.15) is 0 Å². The van der Waals surface area contributed by atoms with Crippen LogP contribution in [0.5, 0.6) is 0 Å². The molecule has 1 rings (SSSR count). The molecule has 0 fully saturated rings. The molecule has 0 spiro atoms. The monoisotopic (exact) mass is 290 g/mol. The van der Waals surface area contributed by atoms with Crippen molar-refractivity contribution in [1.29, 1.82) is 0 Å². The Morgan fingerprint density at radius 1 is 1.19 bits per heavy atom. The molecular weight excluding hydrogens is 268 g/mol. The third-order valence-corrected chi connectivity index (χ3v) is 2.70. The summed E-state index contributed by atoms with van der Waals surface area (Å²) in [6, 6.07) is 7.43. The normalized spacial score (nSPS) is 10.6. The third kappa shape index (κ3) is 7.27. The maximum absolute atomic E-state index is 11.8. The van der Waals surface area contributed by atoms with Crippen LogP contribution in [0.4, 0.5) is 0 Å². The van der Waals surface area contributed by atoms with Crippen molar-refractivity contribution in [3.8, 4) is 0 Å². The highest BCUT2D eigenvalue weighted by molar-refractivity contribution is 5.94. The number of hydrogen-bond donors (Lipinski definition) is 2. The largest absolute Gasteiger partial charge is 0.463 e. The zero-order chi connectivity index (χ0) is 15.5. The number of carbonyl (C=O) groups excluding carboxylic acids is 2. The highest BCUT2D eigenvalue weighted by Crippen LogP contribution is 2.02. The molecule has 1 aromatic rings. The highest BCUT2D eigenvalue weighted by atomic mass is 16.5. The number of ether oxygens (including phenoxy) is 1. The van der Waals surface area contributed by atoms with Crippen molar-refractivity contribution in [2.45, 2.75) is 13.8 Å². The van der Waals surface area contributed by atoms with Gasteiger partial charge in [-0.15, -0.1) is 0 Å². The van der Waals surface area contributed by atoms with Crippen LogP contribution in [0, 0.1) is 6.92 Å². The van der Waals surface area contributed by atoms with Gasteiger partial charge in [-0.1, -0.05) is 23.8 Å². The Kier molecular flexibility index (Phi) is 7.82. The molecule has 0 bridgehead atoms. The zero-order valence-corrected chi connectivity index (χ0v) is 12.5. The van der Waals surface area contributed by atoms with Crippen molar-refractivity contribution >= 4 is 11.9 Å². The van der Waals surface area contributed by atoms with Gasteiger partial charge in [0.25, 0.3) is 5.91 Å². The van der Waals surface area contributed by atoms with Gasteiger partial charge in [0.05, 0.1) is 6.61 Å². The van der Waals surface area contributed by atoms with Gasteiger partial charge < -0.3 is 15.4 Å². The molecule has 5 nitrogen and oxygen atoms in total. The Hall–Kier alpha value is -2.14. The van der Waals surface area contributed by atoms with E-state index in [1.54, 1.807) is 25.1 Å². The summed E-state index contributed by atoms with van der Waals surface area (Å²) in [6.07, 6.45) is 3.08. The van der Waals surface area contributed by atoms with Gasteiger partial charge in [0, 0.05) is 31.3 Å². The molecule has 0 atom stereocenters. The minimum atomic E-state index is -0.341. The van der Waals surface area contributed by atoms with E-state index in [1.165, 1.54) is 6.08 Å². The minimum absolute atomic E-state index is 0.0844. The van der Waals surface area contributed by atoms with Crippen molar-refractivity contribution in [2.24, 2.45) is 0 Å². The lowest BCUT2D eigenvalue weighted by Crippen LogP contribution is -2.31. The van der Waals surface area contributed by atoms with Gasteiger partial charge in [0.15, 0.2) is 0 Å². The van der Waals surface area contributed by atoms with Crippen LogP contribution in [0.25, 0.3) is 0 Å². The van der Waals surface area contributed by atoms with Crippen LogP contribution in [-0.2, 0) is 9.53 Å². The zero-order valence-electron chi connectivity index (χ0n) is 12.5. The first-order chi connectivity index (χ1) is 10.1. The average Bonchev–Trinajstić information content (AvgIpc) is 2.47. The molecule has 1 aromatic carbocycles. The van der Waals surface area contributed by atoms with Gasteiger partial charge in [-0.3, -0.25) is 4.79 Å². The summed E-state index contributed by atoms with van der Waals surface area (Å²) < 4.78 is 4.75. The van der Waals surface area contributed by atoms with Gasteiger partial charge in [-0.2, -0.15) is 0 Å². The van der Waals surface area contributed by atoms with E-state index in [-0.39, 0.29) is 11.9 Å². The van der Waals surface area contributed by atoms with E-state index in [1.807, 2.05) is 19.1 Å². The maximum Gasteiger partial charge on any atom is 0.330 e. The SMILES string of the molecule is CCOC(=O)/C=C/CNCCNC(=O)c1ccc(C)cc1. The van der Waals surface area contributed by atoms with Crippen molar-refractivity contribution in [3.05, 3.63) is 47.5 Å². The van der Waals surface area contributed by atoms with Crippen LogP contribution in [0.1, 0.15) is 22.8 Å². The minimum Gasteiger partial charge on any atom is -0.463 e. The second-order valence-electron chi connectivity index (χ2n) is 4.48. The summed E-state index contributed by atoms with van der Waals surface area (Å²) in [5.41, 5.74) is 1.78. The quantitative estimate of drug-likeness (QED) is 0.432. The number of carbonyl (C=O) groups is 2. The topological polar surface area (TPSA) is 67.4 Å². The molecule has 0 saturated heterocycles. The van der Waals surface area contributed by atoms with Crippen molar-refractivity contribution in [1.82, 2.24) is 10.6 Å². The molecule has 5 heteroatoms. The third-order valence-electron chi connectivity index (χ3n) is 2.70. The lowest BCUT2D eigenvalue weighted by Gasteiger charge is -2.06. The Morgan fingerprint density at radius 2 is 1.90 bits per heavy atom. The highest BCUT2D eigenvalue weighted by Gasteiger charge is 2.03. The lowest BCUT2D eigenvalue weighted by molar-refractivity contribution is -0.137. The second-order valence-corrected chi connectivity index (χ2v) is 4.48. The standard InChI is InChI=1S/C16H22N2O3/c1-3-21-15(19)5-4-10-17-11-12-18-16(20)14-8-6-13(2)7-9-14/h4-9,17H,3,10-12H2,1-2H3,(H,18,20)/b5-4+. The van der Waals surface area contributed by atoms with Crippen LogP contribution in [0.2, 0.25) is 0 Å². The molecule has 21 heavy (non-hydrogen) atoms. The van der Waals surface area contributed by atoms with Crippen LogP contribution < -0.4 is 10.6 Å². The Labute approximate surface area is 125 Å². The summed E-state index contributed by atoms with van der Waals surface area (Å²) in [5, 5.41) is 5.91. The fourth-order valence-electron chi connectivity index (χ4n) is 1.60. The molecule has 114 valence electrons. The number of benzene rings is 1. The number of hydrogen-bond acceptors (Lipinski definition) is 4. The predicted molar refractivity (Wildman–Crippen MR) is 82.2 cm³/mol. The Morgan fingerprint density at radius 3 is 2.57 bits per heavy atom. The van der Waals surface area contributed by atoms with E-state index in [0.717, 1.165) is 5.56 Å². The van der Waals surface area contributed by atoms with Crippen LogP contribution in [0.3, 0.4) is 0 Å². The fourth-order valence-corrected chi connectivity index (χ4v) is 1.60. The first-order valence-corrected chi connectivity index (χ1v) is 7.02. The molecule has 0 aromatic heterocycles. The van der Waals surface area contributed by atoms with E-state index >= 15 is 0 Å². The van der Waals surface area contributed by atoms with Gasteiger partial charge in [-0.05, 0) is 26.0 Å². The summed E-state index contributed by atoms with van der Waals surface area (Å²) in [4.78, 5) is 22.8. The van der Waals surface area contributed by atoms with Crippen LogP contribution >= 0.6 is 0 Å². The Bertz CT molecular complexity index is 481. The van der Waals surface area contributed by atoms with Crippen molar-refractivity contribution in [2.75, 3.05) is 26.2 Å². The molecule has 2 N–H and O–H groups in total. The second kappa shape index (κ2) is 9.72. The molecule has 0 radical (unpaired) electrons. The first kappa shape index (κ1) is 16.9. The molecule has 0 aliphatic rings. The smallest absolute Gasteiger partial charge is 0.330 e. The van der Waals surface area contributed by atoms with Crippen molar-refractivity contribution in [3.63, 3.8) is 0 Å². The number of amides is 1. The van der Waals surface area contributed by atoms with Crippen LogP contribution in [0.15, 0.2) is 36.4 Å². The number of aryl methyl sites for hydroxylation is 1. The molecule has 0 aliphatic carbocycles. The maximum atomic E-state index is 11.8. The van der Waals surface area contributed by atoms with E-state index in [9.17, 15) is 9.59 Å². The fraction of sp³-hybridized carbons (Fsp3) is 0.375. The molecule has 0 saturated carbocycles. The number of nitrogens with one attached hydrogen (secondary N) is 2. The molecule has 0 aliphatic heterocycles. The molecular formula is C16H22N2O3. The van der Waals surface area contributed by atoms with E-state index < -0.39 is 0 Å². The van der Waals surface area contributed by atoms with Crippen molar-refractivity contribution < 1.29 is 14.3 Å². The molecule has 0 heterocycles. The van der Waals surface area contributed by atoms with E-state index in [4.69, 9.17) is 4.74 Å². The summed E-state index contributed by atoms with van der Waals surface area (Å²) in [5.74, 6) is -0.425. The van der Waals surface area contributed by atoms with E-state index in [2.05, 4.69) is 10.6 Å². The van der Waals surface area contributed by atoms with Gasteiger partial charge >= 0.3 is 5.97 Å². The first-order valence-electron chi connectivity index (χ1n) is 7.02. The Balaban J connectivity index is 2.13. The summed E-state index contributed by atoms with van der Waals surface area (Å²) in [6.45, 7) is 5.84. The molecule has 0 unspecified atom stereocenters. The predicted octanol–water partition coefficient (Wildman–Crippen LogP) is 1.43. The lowest BCUT2D eigenvalue weighted by atomic mass is 10.1. The van der Waals surface area contributed by atoms with Gasteiger partial charge in [-0.25, -0.2) is 4.79 Å². The van der Waals surface area contributed by atoms with E-state index in [0.29, 0.717) is 31.8 Å². The summed E-state index contributed by atoms with van der Waals surface area (Å²) in [7, 11) is 0. The number of esters is 1. The average molecular weight is 290 g/mol. The summed E-state index contributed by atoms with van der Waals surface area (Å²) >= 11 is 0. The van der Waals surface area contributed by atoms with Gasteiger partial charge in [0.2, 0.25) is 0 Å². The van der Waals surface area contributed by atoms with Crippen LogP contribution in [-0.4, -0.2) is 38.1 Å². The molecule has 1 amide bonds. The number of rotatable bonds is 8.